The highest BCUT2D eigenvalue weighted by Crippen LogP contribution is 2.22. The van der Waals surface area contributed by atoms with Crippen LogP contribution in [0.5, 0.6) is 0 Å². The molecule has 1 aliphatic rings. The van der Waals surface area contributed by atoms with Crippen LogP contribution in [0.25, 0.3) is 5.57 Å². The summed E-state index contributed by atoms with van der Waals surface area (Å²) < 4.78 is 9.60. The molecule has 2 rings (SSSR count). The Morgan fingerprint density at radius 3 is 2.64 bits per heavy atom. The zero-order valence-corrected chi connectivity index (χ0v) is 7.60. The number of hydrogen-bond acceptors (Lipinski definition) is 3. The molecule has 0 bridgehead atoms. The molecule has 1 atom stereocenters. The quantitative estimate of drug-likeness (QED) is 0.671. The topological polar surface area (TPSA) is 35.5 Å². The van der Waals surface area contributed by atoms with Crippen molar-refractivity contribution in [2.75, 3.05) is 6.61 Å². The highest BCUT2D eigenvalue weighted by molar-refractivity contribution is 5.72. The largest absolute Gasteiger partial charge is 0.509 e. The summed E-state index contributed by atoms with van der Waals surface area (Å²) in [5.74, 6) is 0. The van der Waals surface area contributed by atoms with Crippen LogP contribution in [0, 0.1) is 0 Å². The first-order valence-electron chi connectivity index (χ1n) is 4.35. The lowest BCUT2D eigenvalue weighted by atomic mass is 10.0. The predicted octanol–water partition coefficient (Wildman–Crippen LogP) is 2.24. The van der Waals surface area contributed by atoms with Gasteiger partial charge < -0.3 is 9.47 Å². The van der Waals surface area contributed by atoms with E-state index in [2.05, 4.69) is 11.3 Å². The number of hydrogen-bond donors (Lipinski definition) is 0. The maximum atomic E-state index is 10.7. The van der Waals surface area contributed by atoms with E-state index in [9.17, 15) is 4.79 Å². The van der Waals surface area contributed by atoms with Gasteiger partial charge in [0.05, 0.1) is 0 Å². The number of carbonyl (C=O) groups is 1. The third-order valence-electron chi connectivity index (χ3n) is 2.12. The van der Waals surface area contributed by atoms with Crippen LogP contribution in [0.15, 0.2) is 36.9 Å². The molecule has 0 amide bonds. The molecule has 1 aromatic rings. The third-order valence-corrected chi connectivity index (χ3v) is 2.12. The number of ether oxygens (including phenoxy) is 2. The van der Waals surface area contributed by atoms with Crippen LogP contribution in [0.1, 0.15) is 5.56 Å². The summed E-state index contributed by atoms with van der Waals surface area (Å²) >= 11 is 0. The minimum atomic E-state index is -0.618. The van der Waals surface area contributed by atoms with Crippen molar-refractivity contribution in [1.29, 1.82) is 0 Å². The molecule has 0 saturated carbocycles. The van der Waals surface area contributed by atoms with Crippen molar-refractivity contribution in [2.45, 2.75) is 6.10 Å². The van der Waals surface area contributed by atoms with Crippen LogP contribution in [0.2, 0.25) is 0 Å². The zero-order chi connectivity index (χ0) is 9.97. The van der Waals surface area contributed by atoms with Crippen molar-refractivity contribution >= 4 is 11.7 Å². The molecule has 1 unspecified atom stereocenters. The molecular weight excluding hydrogens is 180 g/mol. The van der Waals surface area contributed by atoms with Gasteiger partial charge in [-0.2, -0.15) is 0 Å². The smallest absolute Gasteiger partial charge is 0.430 e. The fourth-order valence-corrected chi connectivity index (χ4v) is 1.34. The van der Waals surface area contributed by atoms with Crippen LogP contribution in [-0.2, 0) is 9.47 Å². The Labute approximate surface area is 81.9 Å². The summed E-state index contributed by atoms with van der Waals surface area (Å²) in [6.07, 6.45) is -0.961. The van der Waals surface area contributed by atoms with Crippen LogP contribution >= 0.6 is 0 Å². The predicted molar refractivity (Wildman–Crippen MR) is 51.7 cm³/mol. The van der Waals surface area contributed by atoms with Crippen molar-refractivity contribution < 1.29 is 14.3 Å². The first kappa shape index (κ1) is 8.81. The third kappa shape index (κ3) is 1.62. The standard InChI is InChI=1S/C11H10O3/c1-8(9-5-3-2-4-6-9)10-7-13-11(12)14-10/h2-6,10H,1,7H2. The molecule has 14 heavy (non-hydrogen) atoms. The highest BCUT2D eigenvalue weighted by atomic mass is 16.8. The minimum absolute atomic E-state index is 0.257. The Kier molecular flexibility index (Phi) is 2.23. The molecule has 0 radical (unpaired) electrons. The maximum Gasteiger partial charge on any atom is 0.509 e. The number of benzene rings is 1. The Balaban J connectivity index is 2.13. The van der Waals surface area contributed by atoms with E-state index in [4.69, 9.17) is 4.74 Å². The van der Waals surface area contributed by atoms with Crippen molar-refractivity contribution in [3.8, 4) is 0 Å². The summed E-state index contributed by atoms with van der Waals surface area (Å²) in [7, 11) is 0. The van der Waals surface area contributed by atoms with Crippen molar-refractivity contribution in [1.82, 2.24) is 0 Å². The Morgan fingerprint density at radius 1 is 1.36 bits per heavy atom. The molecule has 1 aliphatic heterocycles. The molecule has 3 heteroatoms. The molecule has 0 aromatic heterocycles. The van der Waals surface area contributed by atoms with E-state index in [0.717, 1.165) is 11.1 Å². The Hall–Kier alpha value is -1.77. The maximum absolute atomic E-state index is 10.7. The normalized spacial score (nSPS) is 20.0. The van der Waals surface area contributed by atoms with Gasteiger partial charge in [-0.15, -0.1) is 0 Å². The number of rotatable bonds is 2. The van der Waals surface area contributed by atoms with Gasteiger partial charge >= 0.3 is 6.16 Å². The van der Waals surface area contributed by atoms with Gasteiger partial charge in [-0.3, -0.25) is 0 Å². The van der Waals surface area contributed by atoms with E-state index in [1.54, 1.807) is 0 Å². The lowest BCUT2D eigenvalue weighted by Gasteiger charge is -2.09. The Morgan fingerprint density at radius 2 is 2.07 bits per heavy atom. The van der Waals surface area contributed by atoms with E-state index in [1.807, 2.05) is 30.3 Å². The van der Waals surface area contributed by atoms with Gasteiger partial charge in [-0.1, -0.05) is 36.9 Å². The van der Waals surface area contributed by atoms with Crippen molar-refractivity contribution in [3.05, 3.63) is 42.5 Å². The van der Waals surface area contributed by atoms with Gasteiger partial charge in [0.2, 0.25) is 0 Å². The zero-order valence-electron chi connectivity index (χ0n) is 7.60. The number of carbonyl (C=O) groups excluding carboxylic acids is 1. The van der Waals surface area contributed by atoms with Gasteiger partial charge in [-0.05, 0) is 11.1 Å². The van der Waals surface area contributed by atoms with Gasteiger partial charge in [0, 0.05) is 0 Å². The van der Waals surface area contributed by atoms with Gasteiger partial charge in [0.15, 0.2) is 6.10 Å². The first-order valence-corrected chi connectivity index (χ1v) is 4.35. The molecule has 0 spiro atoms. The van der Waals surface area contributed by atoms with E-state index in [0.29, 0.717) is 0 Å². The molecule has 3 nitrogen and oxygen atoms in total. The summed E-state index contributed by atoms with van der Waals surface area (Å²) in [5, 5.41) is 0. The van der Waals surface area contributed by atoms with Crippen LogP contribution in [0.4, 0.5) is 4.79 Å². The average molecular weight is 190 g/mol. The van der Waals surface area contributed by atoms with Gasteiger partial charge in [-0.25, -0.2) is 4.79 Å². The fraction of sp³-hybridized carbons (Fsp3) is 0.182. The van der Waals surface area contributed by atoms with Gasteiger partial charge in [0.25, 0.3) is 0 Å². The minimum Gasteiger partial charge on any atom is -0.430 e. The molecule has 1 saturated heterocycles. The van der Waals surface area contributed by atoms with E-state index in [1.165, 1.54) is 0 Å². The summed E-state index contributed by atoms with van der Waals surface area (Å²) in [4.78, 5) is 10.7. The van der Waals surface area contributed by atoms with Gasteiger partial charge in [0.1, 0.15) is 6.61 Å². The second kappa shape index (κ2) is 3.54. The SMILES string of the molecule is C=C(c1ccccc1)C1COC(=O)O1. The summed E-state index contributed by atoms with van der Waals surface area (Å²) in [6, 6.07) is 9.60. The van der Waals surface area contributed by atoms with Crippen LogP contribution in [0.3, 0.4) is 0 Å². The number of cyclic esters (lactones) is 2. The molecular formula is C11H10O3. The Bertz CT molecular complexity index is 356. The van der Waals surface area contributed by atoms with Crippen LogP contribution < -0.4 is 0 Å². The monoisotopic (exact) mass is 190 g/mol. The lowest BCUT2D eigenvalue weighted by Crippen LogP contribution is -2.11. The van der Waals surface area contributed by atoms with Crippen LogP contribution in [-0.4, -0.2) is 18.9 Å². The lowest BCUT2D eigenvalue weighted by molar-refractivity contribution is 0.126. The van der Waals surface area contributed by atoms with Crippen molar-refractivity contribution in [3.63, 3.8) is 0 Å². The second-order valence-electron chi connectivity index (χ2n) is 3.06. The van der Waals surface area contributed by atoms with E-state index >= 15 is 0 Å². The molecule has 72 valence electrons. The molecule has 1 heterocycles. The summed E-state index contributed by atoms with van der Waals surface area (Å²) in [6.45, 7) is 4.14. The van der Waals surface area contributed by atoms with E-state index in [-0.39, 0.29) is 12.7 Å². The summed E-state index contributed by atoms with van der Waals surface area (Å²) in [5.41, 5.74) is 1.74. The van der Waals surface area contributed by atoms with E-state index < -0.39 is 6.16 Å². The highest BCUT2D eigenvalue weighted by Gasteiger charge is 2.27. The van der Waals surface area contributed by atoms with Crippen molar-refractivity contribution in [2.24, 2.45) is 0 Å². The molecule has 0 N–H and O–H groups in total. The average Bonchev–Trinajstić information content (AvgIpc) is 2.65. The first-order chi connectivity index (χ1) is 6.77. The molecule has 1 fully saturated rings. The fourth-order valence-electron chi connectivity index (χ4n) is 1.34. The molecule has 0 aliphatic carbocycles. The second-order valence-corrected chi connectivity index (χ2v) is 3.06. The molecule has 1 aromatic carbocycles.